The lowest BCUT2D eigenvalue weighted by Gasteiger charge is -2.32. The molecule has 2 heterocycles. The molecule has 7 nitrogen and oxygen atoms in total. The van der Waals surface area contributed by atoms with Crippen LogP contribution in [0.1, 0.15) is 27.7 Å². The van der Waals surface area contributed by atoms with Crippen molar-refractivity contribution in [3.05, 3.63) is 59.5 Å². The summed E-state index contributed by atoms with van der Waals surface area (Å²) >= 11 is 0. The smallest absolute Gasteiger partial charge is 0.465 e. The zero-order valence-corrected chi connectivity index (χ0v) is 18.7. The number of hydrogen-bond acceptors (Lipinski definition) is 7. The number of benzene rings is 1. The molecule has 1 aromatic carbocycles. The Morgan fingerprint density at radius 3 is 1.97 bits per heavy atom. The van der Waals surface area contributed by atoms with Gasteiger partial charge in [-0.1, -0.05) is 6.08 Å². The van der Waals surface area contributed by atoms with E-state index >= 15 is 8.78 Å². The van der Waals surface area contributed by atoms with Crippen LogP contribution in [0.15, 0.2) is 47.8 Å². The largest absolute Gasteiger partial charge is 0.495 e. The van der Waals surface area contributed by atoms with Crippen LogP contribution >= 0.6 is 0 Å². The van der Waals surface area contributed by atoms with Gasteiger partial charge in [-0.25, -0.2) is 18.4 Å². The van der Waals surface area contributed by atoms with E-state index in [9.17, 15) is 9.59 Å². The van der Waals surface area contributed by atoms with Crippen LogP contribution in [-0.4, -0.2) is 44.5 Å². The minimum atomic E-state index is -0.994. The number of carbonyl (C=O) groups excluding carboxylic acids is 2. The van der Waals surface area contributed by atoms with Crippen molar-refractivity contribution in [2.45, 2.75) is 38.9 Å². The molecule has 0 spiro atoms. The third-order valence-electron chi connectivity index (χ3n) is 5.69. The minimum absolute atomic E-state index is 0.135. The van der Waals surface area contributed by atoms with Gasteiger partial charge in [-0.05, 0) is 57.4 Å². The summed E-state index contributed by atoms with van der Waals surface area (Å²) < 4.78 is 51.8. The first-order valence-electron chi connectivity index (χ1n) is 9.83. The van der Waals surface area contributed by atoms with Gasteiger partial charge in [-0.15, -0.1) is 0 Å². The van der Waals surface area contributed by atoms with Crippen LogP contribution in [0.2, 0.25) is 0 Å². The molecule has 0 atom stereocenters. The highest BCUT2D eigenvalue weighted by Crippen LogP contribution is 2.37. The predicted molar refractivity (Wildman–Crippen MR) is 114 cm³/mol. The van der Waals surface area contributed by atoms with Crippen molar-refractivity contribution in [3.8, 4) is 0 Å². The van der Waals surface area contributed by atoms with Crippen molar-refractivity contribution in [2.24, 2.45) is 0 Å². The maximum Gasteiger partial charge on any atom is 0.495 e. The van der Waals surface area contributed by atoms with E-state index in [4.69, 9.17) is 18.8 Å². The second-order valence-electron chi connectivity index (χ2n) is 8.24. The fourth-order valence-corrected chi connectivity index (χ4v) is 3.27. The Hall–Kier alpha value is -2.98. The molecule has 0 aliphatic carbocycles. The number of allylic oxidation sites excluding steroid dienone is 2. The average Bonchev–Trinajstić information content (AvgIpc) is 2.86. The Balaban J connectivity index is 2.11. The molecule has 2 aliphatic heterocycles. The fourth-order valence-electron chi connectivity index (χ4n) is 3.27. The summed E-state index contributed by atoms with van der Waals surface area (Å²) in [5.41, 5.74) is -2.45. The topological polar surface area (TPSA) is 74.3 Å². The Kier molecular flexibility index (Phi) is 6.30. The maximum absolute atomic E-state index is 15.3. The number of carbonyl (C=O) groups is 2. The lowest BCUT2D eigenvalue weighted by molar-refractivity contribution is -0.139. The molecule has 0 unspecified atom stereocenters. The first-order chi connectivity index (χ1) is 14.9. The number of hydrogen-bond donors (Lipinski definition) is 0. The zero-order valence-electron chi connectivity index (χ0n) is 18.7. The van der Waals surface area contributed by atoms with E-state index in [-0.39, 0.29) is 11.0 Å². The minimum Gasteiger partial charge on any atom is -0.465 e. The molecule has 0 radical (unpaired) electrons. The van der Waals surface area contributed by atoms with Gasteiger partial charge < -0.3 is 23.7 Å². The van der Waals surface area contributed by atoms with Crippen molar-refractivity contribution in [1.82, 2.24) is 0 Å². The number of rotatable bonds is 4. The van der Waals surface area contributed by atoms with Crippen molar-refractivity contribution < 1.29 is 37.2 Å². The van der Waals surface area contributed by atoms with E-state index in [0.717, 1.165) is 31.3 Å². The van der Waals surface area contributed by atoms with Gasteiger partial charge in [-0.3, -0.25) is 0 Å². The van der Waals surface area contributed by atoms with Gasteiger partial charge in [0.2, 0.25) is 0 Å². The lowest BCUT2D eigenvalue weighted by atomic mass is 9.79. The van der Waals surface area contributed by atoms with Crippen molar-refractivity contribution >= 4 is 30.2 Å². The normalized spacial score (nSPS) is 19.2. The maximum atomic E-state index is 15.3. The van der Waals surface area contributed by atoms with Gasteiger partial charge in [-0.2, -0.15) is 0 Å². The Bertz CT molecular complexity index is 1010. The molecule has 0 aromatic heterocycles. The SMILES string of the molecule is COC(=O)C1=C(C(=O)OC)N(c2c(F)cc(B3OC(C)(C)C(C)(C)O3)cc2F)C=CC=C1. The van der Waals surface area contributed by atoms with Crippen LogP contribution in [-0.2, 0) is 28.4 Å². The summed E-state index contributed by atoms with van der Waals surface area (Å²) in [7, 11) is 1.23. The molecule has 0 saturated carbocycles. The monoisotopic (exact) mass is 447 g/mol. The van der Waals surface area contributed by atoms with E-state index in [1.54, 1.807) is 0 Å². The fraction of sp³-hybridized carbons (Fsp3) is 0.364. The number of halogens is 2. The predicted octanol–water partition coefficient (Wildman–Crippen LogP) is 2.75. The Labute approximate surface area is 185 Å². The molecule has 2 aliphatic rings. The van der Waals surface area contributed by atoms with E-state index in [2.05, 4.69) is 0 Å². The first kappa shape index (κ1) is 23.7. The van der Waals surface area contributed by atoms with Gasteiger partial charge in [0.15, 0.2) is 0 Å². The van der Waals surface area contributed by atoms with Crippen molar-refractivity contribution in [3.63, 3.8) is 0 Å². The van der Waals surface area contributed by atoms with Crippen LogP contribution in [0, 0.1) is 11.6 Å². The van der Waals surface area contributed by atoms with Gasteiger partial charge in [0, 0.05) is 6.20 Å². The summed E-state index contributed by atoms with van der Waals surface area (Å²) in [6.45, 7) is 7.30. The highest BCUT2D eigenvalue weighted by Gasteiger charge is 2.52. The second-order valence-corrected chi connectivity index (χ2v) is 8.24. The summed E-state index contributed by atoms with van der Waals surface area (Å²) in [4.78, 5) is 25.6. The molecule has 0 bridgehead atoms. The van der Waals surface area contributed by atoms with Crippen LogP contribution in [0.5, 0.6) is 0 Å². The van der Waals surface area contributed by atoms with Crippen molar-refractivity contribution in [2.75, 3.05) is 19.1 Å². The lowest BCUT2D eigenvalue weighted by Crippen LogP contribution is -2.41. The molecule has 32 heavy (non-hydrogen) atoms. The highest BCUT2D eigenvalue weighted by atomic mass is 19.1. The molecule has 3 rings (SSSR count). The molecule has 170 valence electrons. The molecule has 1 fully saturated rings. The summed E-state index contributed by atoms with van der Waals surface area (Å²) in [6.07, 6.45) is 5.39. The number of ether oxygens (including phenoxy) is 2. The van der Waals surface area contributed by atoms with Crippen LogP contribution in [0.4, 0.5) is 14.5 Å². The third kappa shape index (κ3) is 4.07. The molecular weight excluding hydrogens is 423 g/mol. The molecule has 1 aromatic rings. The van der Waals surface area contributed by atoms with E-state index in [1.165, 1.54) is 24.4 Å². The molecule has 10 heteroatoms. The number of methoxy groups -OCH3 is 2. The van der Waals surface area contributed by atoms with E-state index in [0.29, 0.717) is 0 Å². The Morgan fingerprint density at radius 1 is 0.938 bits per heavy atom. The van der Waals surface area contributed by atoms with E-state index in [1.807, 2.05) is 27.7 Å². The van der Waals surface area contributed by atoms with Gasteiger partial charge in [0.25, 0.3) is 0 Å². The summed E-state index contributed by atoms with van der Waals surface area (Å²) in [5.74, 6) is -3.83. The molecule has 0 amide bonds. The van der Waals surface area contributed by atoms with E-state index < -0.39 is 53.3 Å². The van der Waals surface area contributed by atoms with Crippen LogP contribution in [0.25, 0.3) is 0 Å². The third-order valence-corrected chi connectivity index (χ3v) is 5.69. The standard InChI is InChI=1S/C22H24BF2NO6/c1-21(2)22(3,4)32-23(31-21)13-11-15(24)18(16(25)12-13)26-10-8-7-9-14(19(27)29-5)17(26)20(28)30-6/h7-12H,1-6H3. The second kappa shape index (κ2) is 8.52. The summed E-state index contributed by atoms with van der Waals surface area (Å²) in [6, 6.07) is 2.14. The zero-order chi connectivity index (χ0) is 23.8. The van der Waals surface area contributed by atoms with Crippen LogP contribution < -0.4 is 10.4 Å². The molecular formula is C22H24BF2NO6. The summed E-state index contributed by atoms with van der Waals surface area (Å²) in [5, 5.41) is 0. The molecule has 1 saturated heterocycles. The molecule has 0 N–H and O–H groups in total. The van der Waals surface area contributed by atoms with Crippen molar-refractivity contribution in [1.29, 1.82) is 0 Å². The van der Waals surface area contributed by atoms with Gasteiger partial charge >= 0.3 is 19.1 Å². The average molecular weight is 447 g/mol. The van der Waals surface area contributed by atoms with Crippen LogP contribution in [0.3, 0.4) is 0 Å². The highest BCUT2D eigenvalue weighted by molar-refractivity contribution is 6.62. The van der Waals surface area contributed by atoms with Gasteiger partial charge in [0.1, 0.15) is 23.0 Å². The first-order valence-corrected chi connectivity index (χ1v) is 9.83. The van der Waals surface area contributed by atoms with Gasteiger partial charge in [0.05, 0.1) is 31.0 Å². The Morgan fingerprint density at radius 2 is 1.47 bits per heavy atom. The quantitative estimate of drug-likeness (QED) is 0.519. The number of nitrogens with zero attached hydrogens (tertiary/aromatic N) is 1. The number of anilines is 1. The number of esters is 2.